The van der Waals surface area contributed by atoms with E-state index in [0.717, 1.165) is 50.3 Å². The standard InChI is InChI=1S/C17H24N2O3/c20-16-14-11-22-7-3-15(14)18-12-19(16)10-13-2-1-4-17(13)5-8-21-9-6-17/h12-13H,1-11H2. The van der Waals surface area contributed by atoms with E-state index in [9.17, 15) is 4.79 Å². The van der Waals surface area contributed by atoms with Crippen LogP contribution in [0.5, 0.6) is 0 Å². The van der Waals surface area contributed by atoms with Gasteiger partial charge in [-0.1, -0.05) is 6.42 Å². The van der Waals surface area contributed by atoms with Crippen LogP contribution in [0.2, 0.25) is 0 Å². The molecular formula is C17H24N2O3. The van der Waals surface area contributed by atoms with E-state index in [1.54, 1.807) is 6.33 Å². The lowest BCUT2D eigenvalue weighted by atomic mass is 9.72. The molecule has 1 aromatic heterocycles. The summed E-state index contributed by atoms with van der Waals surface area (Å²) in [6, 6.07) is 0. The number of ether oxygens (including phenoxy) is 2. The minimum absolute atomic E-state index is 0.110. The van der Waals surface area contributed by atoms with Crippen LogP contribution in [0.25, 0.3) is 0 Å². The smallest absolute Gasteiger partial charge is 0.259 e. The highest BCUT2D eigenvalue weighted by Gasteiger charge is 2.43. The summed E-state index contributed by atoms with van der Waals surface area (Å²) in [5, 5.41) is 0. The summed E-state index contributed by atoms with van der Waals surface area (Å²) >= 11 is 0. The first-order valence-corrected chi connectivity index (χ1v) is 8.51. The maximum absolute atomic E-state index is 12.7. The predicted octanol–water partition coefficient (Wildman–Crippen LogP) is 1.91. The third-order valence-corrected chi connectivity index (χ3v) is 5.95. The Hall–Kier alpha value is -1.20. The third kappa shape index (κ3) is 2.40. The zero-order valence-corrected chi connectivity index (χ0v) is 13.1. The Morgan fingerprint density at radius 3 is 2.95 bits per heavy atom. The summed E-state index contributed by atoms with van der Waals surface area (Å²) in [5.41, 5.74) is 2.20. The van der Waals surface area contributed by atoms with Crippen molar-refractivity contribution in [1.29, 1.82) is 0 Å². The van der Waals surface area contributed by atoms with E-state index in [0.29, 0.717) is 24.5 Å². The van der Waals surface area contributed by atoms with Crippen molar-refractivity contribution >= 4 is 0 Å². The summed E-state index contributed by atoms with van der Waals surface area (Å²) in [4.78, 5) is 17.2. The van der Waals surface area contributed by atoms with Gasteiger partial charge in [0, 0.05) is 26.2 Å². The maximum atomic E-state index is 12.7. The Bertz CT molecular complexity index is 604. The van der Waals surface area contributed by atoms with Crippen LogP contribution in [0.15, 0.2) is 11.1 Å². The van der Waals surface area contributed by atoms with Crippen molar-refractivity contribution in [3.05, 3.63) is 27.9 Å². The van der Waals surface area contributed by atoms with E-state index >= 15 is 0 Å². The Morgan fingerprint density at radius 2 is 2.09 bits per heavy atom. The van der Waals surface area contributed by atoms with Gasteiger partial charge in [-0.2, -0.15) is 0 Å². The van der Waals surface area contributed by atoms with Crippen LogP contribution >= 0.6 is 0 Å². The average molecular weight is 304 g/mol. The maximum Gasteiger partial charge on any atom is 0.259 e. The fourth-order valence-corrected chi connectivity index (χ4v) is 4.57. The van der Waals surface area contributed by atoms with Gasteiger partial charge in [-0.3, -0.25) is 9.36 Å². The normalized spacial score (nSPS) is 27.0. The van der Waals surface area contributed by atoms with Gasteiger partial charge in [0.1, 0.15) is 0 Å². The van der Waals surface area contributed by atoms with Crippen molar-refractivity contribution in [1.82, 2.24) is 9.55 Å². The van der Waals surface area contributed by atoms with E-state index < -0.39 is 0 Å². The zero-order valence-electron chi connectivity index (χ0n) is 13.1. The van der Waals surface area contributed by atoms with Crippen LogP contribution in [0.1, 0.15) is 43.4 Å². The summed E-state index contributed by atoms with van der Waals surface area (Å²) in [7, 11) is 0. The molecule has 3 heterocycles. The van der Waals surface area contributed by atoms with Crippen molar-refractivity contribution in [3.8, 4) is 0 Å². The summed E-state index contributed by atoms with van der Waals surface area (Å²) < 4.78 is 12.8. The summed E-state index contributed by atoms with van der Waals surface area (Å²) in [6.07, 6.45) is 8.61. The lowest BCUT2D eigenvalue weighted by molar-refractivity contribution is -0.00992. The van der Waals surface area contributed by atoms with Crippen LogP contribution in [0.3, 0.4) is 0 Å². The molecule has 0 N–H and O–H groups in total. The predicted molar refractivity (Wildman–Crippen MR) is 81.7 cm³/mol. The Morgan fingerprint density at radius 1 is 1.23 bits per heavy atom. The second kappa shape index (κ2) is 5.78. The van der Waals surface area contributed by atoms with Gasteiger partial charge in [-0.05, 0) is 37.0 Å². The molecule has 2 fully saturated rings. The minimum atomic E-state index is 0.110. The molecule has 0 radical (unpaired) electrons. The van der Waals surface area contributed by atoms with Gasteiger partial charge < -0.3 is 9.47 Å². The van der Waals surface area contributed by atoms with Gasteiger partial charge in [0.15, 0.2) is 0 Å². The molecule has 120 valence electrons. The fraction of sp³-hybridized carbons (Fsp3) is 0.765. The molecule has 4 rings (SSSR count). The Kier molecular flexibility index (Phi) is 3.78. The first-order valence-electron chi connectivity index (χ1n) is 8.51. The summed E-state index contributed by atoms with van der Waals surface area (Å²) in [6.45, 7) is 3.66. The van der Waals surface area contributed by atoms with Crippen LogP contribution < -0.4 is 5.56 Å². The van der Waals surface area contributed by atoms with E-state index in [-0.39, 0.29) is 5.56 Å². The molecular weight excluding hydrogens is 280 g/mol. The molecule has 1 spiro atoms. The molecule has 3 aliphatic rings. The molecule has 1 aliphatic carbocycles. The van der Waals surface area contributed by atoms with Gasteiger partial charge in [0.2, 0.25) is 0 Å². The van der Waals surface area contributed by atoms with Crippen molar-refractivity contribution in [2.75, 3.05) is 19.8 Å². The topological polar surface area (TPSA) is 53.4 Å². The molecule has 5 nitrogen and oxygen atoms in total. The number of aromatic nitrogens is 2. The molecule has 0 bridgehead atoms. The van der Waals surface area contributed by atoms with Crippen LogP contribution in [-0.2, 0) is 29.0 Å². The van der Waals surface area contributed by atoms with Gasteiger partial charge in [0.05, 0.1) is 30.8 Å². The van der Waals surface area contributed by atoms with Crippen molar-refractivity contribution in [3.63, 3.8) is 0 Å². The van der Waals surface area contributed by atoms with Gasteiger partial charge in [-0.25, -0.2) is 4.98 Å². The highest BCUT2D eigenvalue weighted by atomic mass is 16.5. The Balaban J connectivity index is 1.59. The molecule has 1 aromatic rings. The van der Waals surface area contributed by atoms with Crippen LogP contribution in [-0.4, -0.2) is 29.4 Å². The first kappa shape index (κ1) is 14.4. The molecule has 1 saturated heterocycles. The van der Waals surface area contributed by atoms with Crippen molar-refractivity contribution in [2.24, 2.45) is 11.3 Å². The number of hydrogen-bond acceptors (Lipinski definition) is 4. The number of rotatable bonds is 2. The summed E-state index contributed by atoms with van der Waals surface area (Å²) in [5.74, 6) is 0.582. The average Bonchev–Trinajstić information content (AvgIpc) is 2.93. The lowest BCUT2D eigenvalue weighted by Gasteiger charge is -2.39. The highest BCUT2D eigenvalue weighted by Crippen LogP contribution is 2.50. The van der Waals surface area contributed by atoms with Crippen LogP contribution in [0, 0.1) is 11.3 Å². The van der Waals surface area contributed by atoms with Crippen molar-refractivity contribution < 1.29 is 9.47 Å². The minimum Gasteiger partial charge on any atom is -0.381 e. The highest BCUT2D eigenvalue weighted by molar-refractivity contribution is 5.18. The molecule has 22 heavy (non-hydrogen) atoms. The first-order chi connectivity index (χ1) is 10.8. The number of fused-ring (bicyclic) bond motifs is 1. The van der Waals surface area contributed by atoms with E-state index in [1.807, 2.05) is 4.57 Å². The van der Waals surface area contributed by atoms with E-state index in [1.165, 1.54) is 19.3 Å². The molecule has 0 aromatic carbocycles. The van der Waals surface area contributed by atoms with Gasteiger partial charge in [0.25, 0.3) is 5.56 Å². The van der Waals surface area contributed by atoms with Crippen LogP contribution in [0.4, 0.5) is 0 Å². The van der Waals surface area contributed by atoms with Gasteiger partial charge >= 0.3 is 0 Å². The van der Waals surface area contributed by atoms with Gasteiger partial charge in [-0.15, -0.1) is 0 Å². The fourth-order valence-electron chi connectivity index (χ4n) is 4.57. The molecule has 2 aliphatic heterocycles. The van der Waals surface area contributed by atoms with E-state index in [2.05, 4.69) is 4.98 Å². The molecule has 0 amide bonds. The number of hydrogen-bond donors (Lipinski definition) is 0. The quantitative estimate of drug-likeness (QED) is 0.837. The lowest BCUT2D eigenvalue weighted by Crippen LogP contribution is -2.38. The van der Waals surface area contributed by atoms with E-state index in [4.69, 9.17) is 9.47 Å². The number of nitrogens with zero attached hydrogens (tertiary/aromatic N) is 2. The second-order valence-electron chi connectivity index (χ2n) is 6.99. The largest absolute Gasteiger partial charge is 0.381 e. The second-order valence-corrected chi connectivity index (χ2v) is 6.99. The SMILES string of the molecule is O=c1c2c(ncn1CC1CCCC13CCOCC3)CCOC2. The molecule has 5 heteroatoms. The molecule has 1 unspecified atom stereocenters. The monoisotopic (exact) mass is 304 g/mol. The third-order valence-electron chi connectivity index (χ3n) is 5.95. The molecule has 1 atom stereocenters. The Labute approximate surface area is 130 Å². The zero-order chi connectivity index (χ0) is 15.0. The molecule has 1 saturated carbocycles. The van der Waals surface area contributed by atoms with Crippen molar-refractivity contribution in [2.45, 2.75) is 51.7 Å².